The van der Waals surface area contributed by atoms with Crippen LogP contribution in [0.4, 0.5) is 0 Å². The standard InChI is InChI=1S/C11H16O3/c1-8-5-4-6-9(2)11(8)14-10(12)7-13-3/h4-6,10,12H,7H2,1-3H3. The Balaban J connectivity index is 2.75. The average Bonchev–Trinajstić information content (AvgIpc) is 2.12. The number of para-hydroxylation sites is 1. The average molecular weight is 196 g/mol. The lowest BCUT2D eigenvalue weighted by Gasteiger charge is -2.16. The molecule has 14 heavy (non-hydrogen) atoms. The zero-order valence-electron chi connectivity index (χ0n) is 8.78. The Kier molecular flexibility index (Phi) is 3.92. The van der Waals surface area contributed by atoms with Crippen LogP contribution < -0.4 is 4.74 Å². The molecule has 0 radical (unpaired) electrons. The Labute approximate surface area is 84.3 Å². The number of rotatable bonds is 4. The summed E-state index contributed by atoms with van der Waals surface area (Å²) in [6, 6.07) is 5.85. The predicted molar refractivity (Wildman–Crippen MR) is 54.4 cm³/mol. The van der Waals surface area contributed by atoms with Crippen LogP contribution in [0, 0.1) is 13.8 Å². The van der Waals surface area contributed by atoms with Gasteiger partial charge in [-0.2, -0.15) is 0 Å². The van der Waals surface area contributed by atoms with E-state index in [0.29, 0.717) is 0 Å². The molecule has 1 unspecified atom stereocenters. The van der Waals surface area contributed by atoms with Crippen molar-refractivity contribution in [2.75, 3.05) is 13.7 Å². The topological polar surface area (TPSA) is 38.7 Å². The van der Waals surface area contributed by atoms with Gasteiger partial charge in [0, 0.05) is 7.11 Å². The third kappa shape index (κ3) is 2.72. The number of aryl methyl sites for hydroxylation is 2. The molecule has 1 aromatic carbocycles. The van der Waals surface area contributed by atoms with Crippen LogP contribution in [0.5, 0.6) is 5.75 Å². The molecule has 0 fully saturated rings. The summed E-state index contributed by atoms with van der Waals surface area (Å²) in [5.74, 6) is 0.733. The van der Waals surface area contributed by atoms with Crippen molar-refractivity contribution in [3.05, 3.63) is 29.3 Å². The summed E-state index contributed by atoms with van der Waals surface area (Å²) in [6.07, 6.45) is -0.903. The molecule has 0 amide bonds. The van der Waals surface area contributed by atoms with Crippen molar-refractivity contribution in [1.82, 2.24) is 0 Å². The highest BCUT2D eigenvalue weighted by Gasteiger charge is 2.09. The van der Waals surface area contributed by atoms with Gasteiger partial charge in [0.25, 0.3) is 0 Å². The summed E-state index contributed by atoms with van der Waals surface area (Å²) < 4.78 is 10.1. The summed E-state index contributed by atoms with van der Waals surface area (Å²) >= 11 is 0. The largest absolute Gasteiger partial charge is 0.462 e. The van der Waals surface area contributed by atoms with Crippen LogP contribution in [0.3, 0.4) is 0 Å². The van der Waals surface area contributed by atoms with Crippen LogP contribution in [0.1, 0.15) is 11.1 Å². The fraction of sp³-hybridized carbons (Fsp3) is 0.455. The molecule has 3 heteroatoms. The maximum Gasteiger partial charge on any atom is 0.221 e. The zero-order chi connectivity index (χ0) is 10.6. The summed E-state index contributed by atoms with van der Waals surface area (Å²) in [5, 5.41) is 9.40. The van der Waals surface area contributed by atoms with Gasteiger partial charge in [0.2, 0.25) is 6.29 Å². The molecule has 1 atom stereocenters. The van der Waals surface area contributed by atoms with Crippen LogP contribution in [0.2, 0.25) is 0 Å². The lowest BCUT2D eigenvalue weighted by atomic mass is 10.1. The molecule has 78 valence electrons. The van der Waals surface area contributed by atoms with E-state index < -0.39 is 6.29 Å². The third-order valence-electron chi connectivity index (χ3n) is 1.97. The summed E-state index contributed by atoms with van der Waals surface area (Å²) in [6.45, 7) is 4.07. The molecule has 0 aliphatic rings. The fourth-order valence-electron chi connectivity index (χ4n) is 1.30. The van der Waals surface area contributed by atoms with Gasteiger partial charge in [-0.1, -0.05) is 18.2 Å². The summed E-state index contributed by atoms with van der Waals surface area (Å²) in [5.41, 5.74) is 2.03. The summed E-state index contributed by atoms with van der Waals surface area (Å²) in [7, 11) is 1.53. The minimum absolute atomic E-state index is 0.174. The fourth-order valence-corrected chi connectivity index (χ4v) is 1.30. The van der Waals surface area contributed by atoms with Crippen LogP contribution in [-0.4, -0.2) is 25.1 Å². The maximum absolute atomic E-state index is 9.40. The Hall–Kier alpha value is -1.06. The van der Waals surface area contributed by atoms with Crippen molar-refractivity contribution in [3.8, 4) is 5.75 Å². The minimum atomic E-state index is -0.903. The van der Waals surface area contributed by atoms with E-state index in [-0.39, 0.29) is 6.61 Å². The molecule has 0 aromatic heterocycles. The van der Waals surface area contributed by atoms with E-state index in [0.717, 1.165) is 16.9 Å². The lowest BCUT2D eigenvalue weighted by Crippen LogP contribution is -2.22. The van der Waals surface area contributed by atoms with Crippen molar-refractivity contribution in [2.24, 2.45) is 0 Å². The van der Waals surface area contributed by atoms with E-state index in [1.54, 1.807) is 0 Å². The zero-order valence-corrected chi connectivity index (χ0v) is 8.78. The molecule has 1 rings (SSSR count). The normalized spacial score (nSPS) is 12.6. The highest BCUT2D eigenvalue weighted by molar-refractivity contribution is 5.39. The number of methoxy groups -OCH3 is 1. The van der Waals surface area contributed by atoms with Gasteiger partial charge in [-0.25, -0.2) is 0 Å². The first-order valence-electron chi connectivity index (χ1n) is 4.55. The maximum atomic E-state index is 9.40. The second kappa shape index (κ2) is 4.98. The van der Waals surface area contributed by atoms with Gasteiger partial charge in [-0.15, -0.1) is 0 Å². The van der Waals surface area contributed by atoms with Crippen LogP contribution >= 0.6 is 0 Å². The Morgan fingerprint density at radius 1 is 1.29 bits per heavy atom. The van der Waals surface area contributed by atoms with Gasteiger partial charge in [0.15, 0.2) is 0 Å². The molecule has 1 aromatic rings. The Morgan fingerprint density at radius 3 is 2.36 bits per heavy atom. The van der Waals surface area contributed by atoms with Gasteiger partial charge in [0.05, 0.1) is 0 Å². The van der Waals surface area contributed by atoms with Crippen LogP contribution in [0.25, 0.3) is 0 Å². The molecule has 1 N–H and O–H groups in total. The van der Waals surface area contributed by atoms with Crippen molar-refractivity contribution in [1.29, 1.82) is 0 Å². The molecule has 0 heterocycles. The van der Waals surface area contributed by atoms with Crippen molar-refractivity contribution >= 4 is 0 Å². The monoisotopic (exact) mass is 196 g/mol. The first-order valence-corrected chi connectivity index (χ1v) is 4.55. The first kappa shape index (κ1) is 11.0. The highest BCUT2D eigenvalue weighted by Crippen LogP contribution is 2.23. The van der Waals surface area contributed by atoms with E-state index in [9.17, 15) is 5.11 Å². The predicted octanol–water partition coefficient (Wildman–Crippen LogP) is 1.65. The Bertz CT molecular complexity index is 276. The molecule has 0 saturated carbocycles. The summed E-state index contributed by atoms with van der Waals surface area (Å²) in [4.78, 5) is 0. The Morgan fingerprint density at radius 2 is 1.86 bits per heavy atom. The smallest absolute Gasteiger partial charge is 0.221 e. The molecular formula is C11H16O3. The quantitative estimate of drug-likeness (QED) is 0.744. The lowest BCUT2D eigenvalue weighted by molar-refractivity contribution is -0.0669. The van der Waals surface area contributed by atoms with Crippen molar-refractivity contribution in [2.45, 2.75) is 20.1 Å². The molecule has 0 bridgehead atoms. The van der Waals surface area contributed by atoms with E-state index in [1.165, 1.54) is 7.11 Å². The minimum Gasteiger partial charge on any atom is -0.462 e. The number of ether oxygens (including phenoxy) is 2. The molecule has 0 spiro atoms. The highest BCUT2D eigenvalue weighted by atomic mass is 16.6. The number of aliphatic hydroxyl groups is 1. The molecule has 0 aliphatic carbocycles. The van der Waals surface area contributed by atoms with Gasteiger partial charge in [0.1, 0.15) is 12.4 Å². The third-order valence-corrected chi connectivity index (χ3v) is 1.97. The van der Waals surface area contributed by atoms with Crippen molar-refractivity contribution < 1.29 is 14.6 Å². The van der Waals surface area contributed by atoms with Crippen molar-refractivity contribution in [3.63, 3.8) is 0 Å². The van der Waals surface area contributed by atoms with Gasteiger partial charge in [-0.3, -0.25) is 0 Å². The van der Waals surface area contributed by atoms with Gasteiger partial charge < -0.3 is 14.6 Å². The van der Waals surface area contributed by atoms with Crippen LogP contribution in [0.15, 0.2) is 18.2 Å². The molecule has 0 aliphatic heterocycles. The van der Waals surface area contributed by atoms with Crippen LogP contribution in [-0.2, 0) is 4.74 Å². The number of hydrogen-bond donors (Lipinski definition) is 1. The first-order chi connectivity index (χ1) is 6.65. The number of hydrogen-bond acceptors (Lipinski definition) is 3. The van der Waals surface area contributed by atoms with E-state index in [1.807, 2.05) is 32.0 Å². The molecular weight excluding hydrogens is 180 g/mol. The second-order valence-corrected chi connectivity index (χ2v) is 3.25. The van der Waals surface area contributed by atoms with E-state index >= 15 is 0 Å². The van der Waals surface area contributed by atoms with E-state index in [2.05, 4.69) is 0 Å². The molecule has 0 saturated heterocycles. The van der Waals surface area contributed by atoms with E-state index in [4.69, 9.17) is 9.47 Å². The second-order valence-electron chi connectivity index (χ2n) is 3.25. The van der Waals surface area contributed by atoms with Gasteiger partial charge in [-0.05, 0) is 25.0 Å². The molecule has 3 nitrogen and oxygen atoms in total. The van der Waals surface area contributed by atoms with Gasteiger partial charge >= 0.3 is 0 Å². The number of aliphatic hydroxyl groups excluding tert-OH is 1. The number of benzene rings is 1. The SMILES string of the molecule is COCC(O)Oc1c(C)cccc1C.